The molecule has 20 heavy (non-hydrogen) atoms. The Balaban J connectivity index is 2.22. The first-order valence-corrected chi connectivity index (χ1v) is 7.10. The van der Waals surface area contributed by atoms with Crippen LogP contribution in [0.25, 0.3) is 16.9 Å². The van der Waals surface area contributed by atoms with Gasteiger partial charge in [-0.2, -0.15) is 4.68 Å². The van der Waals surface area contributed by atoms with E-state index in [0.717, 1.165) is 21.5 Å². The topological polar surface area (TPSA) is 56.5 Å². The van der Waals surface area contributed by atoms with Crippen LogP contribution in [0.1, 0.15) is 26.6 Å². The van der Waals surface area contributed by atoms with Crippen LogP contribution in [0, 0.1) is 0 Å². The Morgan fingerprint density at radius 1 is 1.10 bits per heavy atom. The largest absolute Gasteiger partial charge is 0.225 e. The van der Waals surface area contributed by atoms with Crippen molar-refractivity contribution in [2.75, 3.05) is 0 Å². The Morgan fingerprint density at radius 3 is 2.60 bits per heavy atom. The number of halogens is 1. The lowest BCUT2D eigenvalue weighted by Crippen LogP contribution is -2.17. The van der Waals surface area contributed by atoms with E-state index in [1.54, 1.807) is 4.68 Å². The first-order chi connectivity index (χ1) is 9.45. The number of benzene rings is 1. The van der Waals surface area contributed by atoms with E-state index in [1.165, 1.54) is 0 Å². The number of rotatable bonds is 1. The van der Waals surface area contributed by atoms with Crippen molar-refractivity contribution in [3.63, 3.8) is 0 Å². The molecule has 2 heterocycles. The number of hydrogen-bond donors (Lipinski definition) is 0. The molecule has 3 rings (SSSR count). The van der Waals surface area contributed by atoms with Gasteiger partial charge in [0.1, 0.15) is 15.9 Å². The zero-order chi connectivity index (χ0) is 14.3. The van der Waals surface area contributed by atoms with Crippen molar-refractivity contribution in [1.82, 2.24) is 25.0 Å². The van der Waals surface area contributed by atoms with Gasteiger partial charge in [0, 0.05) is 11.5 Å². The fourth-order valence-corrected chi connectivity index (χ4v) is 2.26. The van der Waals surface area contributed by atoms with Gasteiger partial charge in [-0.1, -0.05) is 38.1 Å². The standard InChI is InChI=1S/C14H14BrN5/c1-14(2,3)13-16-11(15)8-12(17-13)20-10-7-5-4-6-9(10)18-19-20/h4-8H,1-3H3. The molecule has 0 spiro atoms. The molecule has 0 radical (unpaired) electrons. The Labute approximate surface area is 125 Å². The van der Waals surface area contributed by atoms with Crippen molar-refractivity contribution in [1.29, 1.82) is 0 Å². The SMILES string of the molecule is CC(C)(C)c1nc(Br)cc(-n2nnc3ccccc32)n1. The summed E-state index contributed by atoms with van der Waals surface area (Å²) < 4.78 is 2.48. The Morgan fingerprint density at radius 2 is 1.85 bits per heavy atom. The highest BCUT2D eigenvalue weighted by Gasteiger charge is 2.20. The normalized spacial score (nSPS) is 12.0. The molecule has 102 valence electrons. The van der Waals surface area contributed by atoms with Crippen molar-refractivity contribution in [2.24, 2.45) is 0 Å². The van der Waals surface area contributed by atoms with Gasteiger partial charge in [0.25, 0.3) is 0 Å². The quantitative estimate of drug-likeness (QED) is 0.642. The fourth-order valence-electron chi connectivity index (χ4n) is 1.89. The Bertz CT molecular complexity index is 773. The van der Waals surface area contributed by atoms with Crippen LogP contribution in [0.15, 0.2) is 34.9 Å². The highest BCUT2D eigenvalue weighted by molar-refractivity contribution is 9.10. The summed E-state index contributed by atoms with van der Waals surface area (Å²) in [7, 11) is 0. The summed E-state index contributed by atoms with van der Waals surface area (Å²) in [4.78, 5) is 9.06. The summed E-state index contributed by atoms with van der Waals surface area (Å²) in [6.45, 7) is 6.24. The van der Waals surface area contributed by atoms with Crippen LogP contribution in [0.5, 0.6) is 0 Å². The van der Waals surface area contributed by atoms with E-state index >= 15 is 0 Å². The number of nitrogens with zero attached hydrogens (tertiary/aromatic N) is 5. The van der Waals surface area contributed by atoms with Crippen LogP contribution in [0.4, 0.5) is 0 Å². The molecule has 0 saturated heterocycles. The lowest BCUT2D eigenvalue weighted by Gasteiger charge is -2.17. The molecule has 0 aliphatic carbocycles. The van der Waals surface area contributed by atoms with E-state index in [0.29, 0.717) is 5.82 Å². The summed E-state index contributed by atoms with van der Waals surface area (Å²) in [5, 5.41) is 8.34. The molecule has 0 N–H and O–H groups in total. The lowest BCUT2D eigenvalue weighted by molar-refractivity contribution is 0.540. The first-order valence-electron chi connectivity index (χ1n) is 6.31. The number of hydrogen-bond acceptors (Lipinski definition) is 4. The van der Waals surface area contributed by atoms with Crippen molar-refractivity contribution in [3.05, 3.63) is 40.8 Å². The molecule has 0 amide bonds. The van der Waals surface area contributed by atoms with Gasteiger partial charge in [-0.05, 0) is 28.1 Å². The van der Waals surface area contributed by atoms with Gasteiger partial charge in [-0.3, -0.25) is 0 Å². The van der Waals surface area contributed by atoms with Gasteiger partial charge in [0.15, 0.2) is 5.82 Å². The maximum atomic E-state index is 4.62. The summed E-state index contributed by atoms with van der Waals surface area (Å²) in [5.41, 5.74) is 1.65. The Hall–Kier alpha value is -1.82. The second kappa shape index (κ2) is 4.63. The predicted octanol–water partition coefficient (Wildman–Crippen LogP) is 3.27. The smallest absolute Gasteiger partial charge is 0.160 e. The molecule has 0 saturated carbocycles. The third kappa shape index (κ3) is 2.31. The van der Waals surface area contributed by atoms with Crippen molar-refractivity contribution >= 4 is 27.0 Å². The first kappa shape index (κ1) is 13.2. The van der Waals surface area contributed by atoms with E-state index in [4.69, 9.17) is 0 Å². The maximum absolute atomic E-state index is 4.62. The molecule has 6 heteroatoms. The molecule has 0 unspecified atom stereocenters. The monoisotopic (exact) mass is 331 g/mol. The zero-order valence-electron chi connectivity index (χ0n) is 11.5. The highest BCUT2D eigenvalue weighted by Crippen LogP contribution is 2.23. The van der Waals surface area contributed by atoms with Crippen LogP contribution < -0.4 is 0 Å². The van der Waals surface area contributed by atoms with Crippen LogP contribution in [0.2, 0.25) is 0 Å². The summed E-state index contributed by atoms with van der Waals surface area (Å²) in [6, 6.07) is 9.65. The van der Waals surface area contributed by atoms with Gasteiger partial charge in [0.2, 0.25) is 0 Å². The summed E-state index contributed by atoms with van der Waals surface area (Å²) >= 11 is 3.44. The Kier molecular flexibility index (Phi) is 3.05. The van der Waals surface area contributed by atoms with Crippen LogP contribution in [-0.4, -0.2) is 25.0 Å². The van der Waals surface area contributed by atoms with Crippen molar-refractivity contribution in [2.45, 2.75) is 26.2 Å². The van der Waals surface area contributed by atoms with E-state index in [1.807, 2.05) is 30.3 Å². The van der Waals surface area contributed by atoms with Crippen molar-refractivity contribution < 1.29 is 0 Å². The molecule has 3 aromatic rings. The molecule has 5 nitrogen and oxygen atoms in total. The van der Waals surface area contributed by atoms with E-state index in [9.17, 15) is 0 Å². The molecule has 0 atom stereocenters. The van der Waals surface area contributed by atoms with Crippen LogP contribution in [0.3, 0.4) is 0 Å². The van der Waals surface area contributed by atoms with Crippen LogP contribution in [-0.2, 0) is 5.41 Å². The molecule has 0 fully saturated rings. The molecular formula is C14H14BrN5. The summed E-state index contributed by atoms with van der Waals surface area (Å²) in [5.74, 6) is 1.48. The van der Waals surface area contributed by atoms with Gasteiger partial charge in [-0.15, -0.1) is 5.10 Å². The van der Waals surface area contributed by atoms with Crippen molar-refractivity contribution in [3.8, 4) is 5.82 Å². The minimum absolute atomic E-state index is 0.130. The number of fused-ring (bicyclic) bond motifs is 1. The average Bonchev–Trinajstić information content (AvgIpc) is 2.80. The average molecular weight is 332 g/mol. The highest BCUT2D eigenvalue weighted by atomic mass is 79.9. The molecule has 0 aliphatic rings. The minimum atomic E-state index is -0.130. The second-order valence-electron chi connectivity index (χ2n) is 5.61. The molecule has 1 aromatic carbocycles. The number of aromatic nitrogens is 5. The fraction of sp³-hybridized carbons (Fsp3) is 0.286. The van der Waals surface area contributed by atoms with Gasteiger partial charge in [0.05, 0.1) is 5.52 Å². The third-order valence-electron chi connectivity index (χ3n) is 2.92. The second-order valence-corrected chi connectivity index (χ2v) is 6.42. The molecule has 0 aliphatic heterocycles. The van der Waals surface area contributed by atoms with Gasteiger partial charge >= 0.3 is 0 Å². The molecular weight excluding hydrogens is 318 g/mol. The van der Waals surface area contributed by atoms with E-state index in [2.05, 4.69) is 57.0 Å². The number of para-hydroxylation sites is 1. The maximum Gasteiger partial charge on any atom is 0.160 e. The van der Waals surface area contributed by atoms with E-state index < -0.39 is 0 Å². The molecule has 0 bridgehead atoms. The molecule has 2 aromatic heterocycles. The third-order valence-corrected chi connectivity index (χ3v) is 3.33. The predicted molar refractivity (Wildman–Crippen MR) is 80.9 cm³/mol. The summed E-state index contributed by atoms with van der Waals surface area (Å²) in [6.07, 6.45) is 0. The minimum Gasteiger partial charge on any atom is -0.225 e. The zero-order valence-corrected chi connectivity index (χ0v) is 13.1. The van der Waals surface area contributed by atoms with E-state index in [-0.39, 0.29) is 5.41 Å². The van der Waals surface area contributed by atoms with Gasteiger partial charge in [-0.25, -0.2) is 9.97 Å². The lowest BCUT2D eigenvalue weighted by atomic mass is 9.96. The van der Waals surface area contributed by atoms with Crippen LogP contribution >= 0.6 is 15.9 Å². The van der Waals surface area contributed by atoms with Gasteiger partial charge < -0.3 is 0 Å².